The Labute approximate surface area is 283 Å². The van der Waals surface area contributed by atoms with E-state index < -0.39 is 23.2 Å². The van der Waals surface area contributed by atoms with Gasteiger partial charge < -0.3 is 30.4 Å². The summed E-state index contributed by atoms with van der Waals surface area (Å²) in [6, 6.07) is 15.8. The lowest BCUT2D eigenvalue weighted by atomic mass is 9.55. The monoisotopic (exact) mass is 654 g/mol. The van der Waals surface area contributed by atoms with Crippen molar-refractivity contribution in [2.45, 2.75) is 96.8 Å². The average Bonchev–Trinajstić information content (AvgIpc) is 3.40. The van der Waals surface area contributed by atoms with Gasteiger partial charge >= 0.3 is 12.1 Å². The highest BCUT2D eigenvalue weighted by Gasteiger charge is 2.50. The first-order chi connectivity index (χ1) is 22.8. The number of hydrogen-bond donors (Lipinski definition) is 4. The van der Waals surface area contributed by atoms with Crippen LogP contribution in [0.4, 0.5) is 10.5 Å². The summed E-state index contributed by atoms with van der Waals surface area (Å²) in [6.07, 6.45) is 9.50. The van der Waals surface area contributed by atoms with Gasteiger partial charge in [-0.2, -0.15) is 0 Å². The standard InChI is InChI=1S/C39H50N4O5/c1-24(16-34(44)48-38(2,3)4)42-32-12-8-6-10-27(32)14-15-40-36(45)39(5,22-30-23-41-33-13-9-7-11-31(30)33)43-37(46)47-35-28-18-25-17-26(20-28)21-29(35)19-25/h6-13,16,23,25-26,28-29,35,41-42H,14-15,17-22H2,1-5H3,(H,40,45)(H,43,46). The molecule has 4 aliphatic carbocycles. The minimum atomic E-state index is -1.25. The molecule has 1 atom stereocenters. The number of alkyl carbamates (subject to hydrolysis) is 1. The lowest BCUT2D eigenvalue weighted by molar-refractivity contribution is -0.148. The predicted octanol–water partition coefficient (Wildman–Crippen LogP) is 7.04. The van der Waals surface area contributed by atoms with Crippen LogP contribution in [0.2, 0.25) is 0 Å². The van der Waals surface area contributed by atoms with Gasteiger partial charge in [0.2, 0.25) is 5.91 Å². The SMILES string of the molecule is CC(=CC(=O)OC(C)(C)C)Nc1ccccc1CCNC(=O)C(C)(Cc1c[nH]c2ccccc12)NC(=O)OC1C2CC3CC(C2)CC1C3. The predicted molar refractivity (Wildman–Crippen MR) is 187 cm³/mol. The zero-order valence-corrected chi connectivity index (χ0v) is 28.9. The number of amides is 2. The summed E-state index contributed by atoms with van der Waals surface area (Å²) in [5, 5.41) is 10.4. The second-order valence-corrected chi connectivity index (χ2v) is 15.4. The molecule has 0 aliphatic heterocycles. The lowest BCUT2D eigenvalue weighted by Gasteiger charge is -2.53. The molecule has 2 amide bonds. The van der Waals surface area contributed by atoms with E-state index in [0.717, 1.165) is 65.2 Å². The fourth-order valence-corrected chi connectivity index (χ4v) is 8.41. The van der Waals surface area contributed by atoms with Crippen molar-refractivity contribution in [2.75, 3.05) is 11.9 Å². The Balaban J connectivity index is 1.13. The van der Waals surface area contributed by atoms with Crippen LogP contribution in [-0.2, 0) is 31.9 Å². The Morgan fingerprint density at radius 3 is 2.27 bits per heavy atom. The van der Waals surface area contributed by atoms with Crippen molar-refractivity contribution in [1.82, 2.24) is 15.6 Å². The number of hydrogen-bond acceptors (Lipinski definition) is 6. The molecule has 0 spiro atoms. The van der Waals surface area contributed by atoms with Crippen molar-refractivity contribution in [3.63, 3.8) is 0 Å². The van der Waals surface area contributed by atoms with Crippen LogP contribution < -0.4 is 16.0 Å². The van der Waals surface area contributed by atoms with Gasteiger partial charge in [0.25, 0.3) is 0 Å². The Kier molecular flexibility index (Phi) is 9.59. The average molecular weight is 655 g/mol. The Morgan fingerprint density at radius 2 is 1.56 bits per heavy atom. The maximum atomic E-state index is 14.0. The van der Waals surface area contributed by atoms with Gasteiger partial charge in [-0.1, -0.05) is 36.4 Å². The number of benzene rings is 2. The summed E-state index contributed by atoms with van der Waals surface area (Å²) < 4.78 is 11.6. The smallest absolute Gasteiger partial charge is 0.408 e. The third-order valence-electron chi connectivity index (χ3n) is 10.3. The summed E-state index contributed by atoms with van der Waals surface area (Å²) >= 11 is 0. The summed E-state index contributed by atoms with van der Waals surface area (Å²) in [5.74, 6) is 1.72. The molecule has 4 saturated carbocycles. The normalized spacial score (nSPS) is 24.5. The van der Waals surface area contributed by atoms with Crippen molar-refractivity contribution in [3.8, 4) is 0 Å². The van der Waals surface area contributed by atoms with E-state index in [1.807, 2.05) is 82.4 Å². The van der Waals surface area contributed by atoms with Gasteiger partial charge in [-0.25, -0.2) is 9.59 Å². The summed E-state index contributed by atoms with van der Waals surface area (Å²) in [4.78, 5) is 43.2. The number of rotatable bonds is 11. The number of aromatic amines is 1. The van der Waals surface area contributed by atoms with Gasteiger partial charge in [0.05, 0.1) is 0 Å². The van der Waals surface area contributed by atoms with Crippen molar-refractivity contribution in [1.29, 1.82) is 0 Å². The number of ether oxygens (including phenoxy) is 2. The number of esters is 1. The van der Waals surface area contributed by atoms with Crippen LogP contribution in [0.3, 0.4) is 0 Å². The minimum Gasteiger partial charge on any atom is -0.457 e. The van der Waals surface area contributed by atoms with E-state index in [4.69, 9.17) is 9.47 Å². The van der Waals surface area contributed by atoms with E-state index in [1.165, 1.54) is 12.5 Å². The maximum Gasteiger partial charge on any atom is 0.408 e. The van der Waals surface area contributed by atoms with E-state index in [0.29, 0.717) is 36.9 Å². The Morgan fingerprint density at radius 1 is 0.896 bits per heavy atom. The number of carbonyl (C=O) groups is 3. The van der Waals surface area contributed by atoms with E-state index in [1.54, 1.807) is 6.92 Å². The maximum absolute atomic E-state index is 14.0. The molecule has 4 fully saturated rings. The van der Waals surface area contributed by atoms with Gasteiger partial charge in [-0.05, 0) is 120 Å². The van der Waals surface area contributed by atoms with Crippen LogP contribution in [0.25, 0.3) is 10.9 Å². The first-order valence-electron chi connectivity index (χ1n) is 17.4. The quantitative estimate of drug-likeness (QED) is 0.130. The zero-order chi connectivity index (χ0) is 34.1. The second-order valence-electron chi connectivity index (χ2n) is 15.4. The number of para-hydroxylation sites is 2. The van der Waals surface area contributed by atoms with Crippen molar-refractivity contribution < 1.29 is 23.9 Å². The highest BCUT2D eigenvalue weighted by molar-refractivity contribution is 5.91. The lowest BCUT2D eigenvalue weighted by Crippen LogP contribution is -2.60. The Hall–Kier alpha value is -4.27. The fourth-order valence-electron chi connectivity index (χ4n) is 8.41. The number of fused-ring (bicyclic) bond motifs is 1. The van der Waals surface area contributed by atoms with Gasteiger partial charge in [-0.15, -0.1) is 0 Å². The highest BCUT2D eigenvalue weighted by atomic mass is 16.6. The molecule has 3 aromatic rings. The molecular formula is C39H50N4O5. The zero-order valence-electron chi connectivity index (χ0n) is 28.9. The Bertz CT molecular complexity index is 1660. The number of allylic oxidation sites excluding steroid dienone is 1. The molecule has 1 aromatic heterocycles. The van der Waals surface area contributed by atoms with Crippen molar-refractivity contribution in [3.05, 3.63) is 77.6 Å². The number of aromatic nitrogens is 1. The molecular weight excluding hydrogens is 604 g/mol. The van der Waals surface area contributed by atoms with Crippen molar-refractivity contribution >= 4 is 34.6 Å². The van der Waals surface area contributed by atoms with Gasteiger partial charge in [0.1, 0.15) is 17.2 Å². The number of H-pyrrole nitrogens is 1. The molecule has 0 saturated heterocycles. The highest BCUT2D eigenvalue weighted by Crippen LogP contribution is 2.54. The van der Waals surface area contributed by atoms with E-state index in [9.17, 15) is 14.4 Å². The molecule has 4 aliphatic rings. The fraction of sp³-hybridized carbons (Fsp3) is 0.513. The van der Waals surface area contributed by atoms with Crippen LogP contribution in [0.15, 0.2) is 66.5 Å². The van der Waals surface area contributed by atoms with Crippen LogP contribution in [0.1, 0.15) is 77.8 Å². The summed E-state index contributed by atoms with van der Waals surface area (Å²) in [5.41, 5.74) is 2.55. The van der Waals surface area contributed by atoms with Gasteiger partial charge in [0, 0.05) is 47.5 Å². The first kappa shape index (κ1) is 33.6. The van der Waals surface area contributed by atoms with Gasteiger partial charge in [-0.3, -0.25) is 4.79 Å². The molecule has 0 radical (unpaired) electrons. The molecule has 9 nitrogen and oxygen atoms in total. The summed E-state index contributed by atoms with van der Waals surface area (Å²) in [7, 11) is 0. The summed E-state index contributed by atoms with van der Waals surface area (Å²) in [6.45, 7) is 9.44. The molecule has 2 aromatic carbocycles. The molecule has 1 unspecified atom stereocenters. The van der Waals surface area contributed by atoms with Crippen molar-refractivity contribution in [2.24, 2.45) is 23.7 Å². The second kappa shape index (κ2) is 13.7. The van der Waals surface area contributed by atoms with Crippen LogP contribution in [0, 0.1) is 23.7 Å². The number of anilines is 1. The van der Waals surface area contributed by atoms with E-state index in [-0.39, 0.29) is 12.0 Å². The first-order valence-corrected chi connectivity index (χ1v) is 17.4. The minimum absolute atomic E-state index is 0.0740. The van der Waals surface area contributed by atoms with Crippen LogP contribution in [0.5, 0.6) is 0 Å². The third-order valence-corrected chi connectivity index (χ3v) is 10.3. The molecule has 48 heavy (non-hydrogen) atoms. The van der Waals surface area contributed by atoms with Crippen LogP contribution in [-0.4, -0.2) is 46.7 Å². The third kappa shape index (κ3) is 7.88. The molecule has 7 rings (SSSR count). The number of carbonyl (C=O) groups excluding carboxylic acids is 3. The topological polar surface area (TPSA) is 122 Å². The largest absolute Gasteiger partial charge is 0.457 e. The number of nitrogens with one attached hydrogen (secondary N) is 4. The molecule has 4 bridgehead atoms. The van der Waals surface area contributed by atoms with Crippen LogP contribution >= 0.6 is 0 Å². The van der Waals surface area contributed by atoms with E-state index >= 15 is 0 Å². The molecule has 9 heteroatoms. The molecule has 256 valence electrons. The van der Waals surface area contributed by atoms with E-state index in [2.05, 4.69) is 20.9 Å². The molecule has 1 heterocycles. The molecule has 4 N–H and O–H groups in total. The van der Waals surface area contributed by atoms with Gasteiger partial charge in [0.15, 0.2) is 0 Å².